The van der Waals surface area contributed by atoms with E-state index in [1.165, 1.54) is 17.5 Å². The summed E-state index contributed by atoms with van der Waals surface area (Å²) in [6.45, 7) is 2.58. The quantitative estimate of drug-likeness (QED) is 0.674. The number of amides is 1. The van der Waals surface area contributed by atoms with Gasteiger partial charge in [-0.1, -0.05) is 0 Å². The van der Waals surface area contributed by atoms with Gasteiger partial charge in [-0.2, -0.15) is 0 Å². The van der Waals surface area contributed by atoms with E-state index in [0.717, 1.165) is 21.5 Å². The van der Waals surface area contributed by atoms with Crippen molar-refractivity contribution < 1.29 is 9.53 Å². The van der Waals surface area contributed by atoms with Crippen molar-refractivity contribution in [2.75, 3.05) is 11.9 Å². The van der Waals surface area contributed by atoms with Crippen molar-refractivity contribution in [3.63, 3.8) is 0 Å². The predicted octanol–water partition coefficient (Wildman–Crippen LogP) is 4.62. The topological polar surface area (TPSA) is 64.1 Å². The number of nitrogens with zero attached hydrogens (tertiary/aromatic N) is 2. The zero-order valence-electron chi connectivity index (χ0n) is 12.8. The number of thiazole rings is 1. The van der Waals surface area contributed by atoms with E-state index in [2.05, 4.69) is 31.2 Å². The Kier molecular flexibility index (Phi) is 5.22. The Labute approximate surface area is 151 Å². The van der Waals surface area contributed by atoms with E-state index in [0.29, 0.717) is 17.3 Å². The van der Waals surface area contributed by atoms with Gasteiger partial charge in [0.05, 0.1) is 17.9 Å². The molecule has 1 N–H and O–H groups in total. The number of ether oxygens (including phenoxy) is 1. The number of anilines is 1. The highest BCUT2D eigenvalue weighted by Gasteiger charge is 2.11. The first-order valence-corrected chi connectivity index (χ1v) is 8.93. The summed E-state index contributed by atoms with van der Waals surface area (Å²) >= 11 is 4.68. The standard InChI is InChI=1S/C17H14BrN3O2S/c1-2-23-14-5-3-11(4-6-14)15-10-24-17(20-15)21-16(22)12-7-13(18)9-19-8-12/h3-10H,2H2,1H3,(H,20,21,22). The van der Waals surface area contributed by atoms with Crippen LogP contribution in [-0.2, 0) is 0 Å². The molecule has 1 amide bonds. The molecule has 0 atom stereocenters. The van der Waals surface area contributed by atoms with Crippen LogP contribution in [0.15, 0.2) is 52.6 Å². The summed E-state index contributed by atoms with van der Waals surface area (Å²) in [6.07, 6.45) is 3.14. The molecule has 1 aromatic carbocycles. The minimum Gasteiger partial charge on any atom is -0.494 e. The predicted molar refractivity (Wildman–Crippen MR) is 98.6 cm³/mol. The zero-order valence-corrected chi connectivity index (χ0v) is 15.2. The molecule has 0 saturated heterocycles. The fraction of sp³-hybridized carbons (Fsp3) is 0.118. The maximum absolute atomic E-state index is 12.2. The van der Waals surface area contributed by atoms with Crippen LogP contribution < -0.4 is 10.1 Å². The minimum absolute atomic E-state index is 0.239. The van der Waals surface area contributed by atoms with Gasteiger partial charge in [-0.05, 0) is 53.2 Å². The van der Waals surface area contributed by atoms with Crippen molar-refractivity contribution in [3.05, 3.63) is 58.1 Å². The first kappa shape index (κ1) is 16.6. The second-order valence-electron chi connectivity index (χ2n) is 4.84. The minimum atomic E-state index is -0.239. The summed E-state index contributed by atoms with van der Waals surface area (Å²) in [4.78, 5) is 20.7. The molecule has 0 unspecified atom stereocenters. The lowest BCUT2D eigenvalue weighted by molar-refractivity contribution is 0.102. The lowest BCUT2D eigenvalue weighted by atomic mass is 10.2. The summed E-state index contributed by atoms with van der Waals surface area (Å²) in [5.41, 5.74) is 2.26. The molecule has 122 valence electrons. The molecule has 3 aromatic rings. The van der Waals surface area contributed by atoms with Crippen LogP contribution in [0.1, 0.15) is 17.3 Å². The second kappa shape index (κ2) is 7.55. The Morgan fingerprint density at radius 2 is 2.08 bits per heavy atom. The van der Waals surface area contributed by atoms with Gasteiger partial charge in [0.15, 0.2) is 5.13 Å². The van der Waals surface area contributed by atoms with E-state index >= 15 is 0 Å². The molecule has 0 fully saturated rings. The molecule has 2 heterocycles. The number of benzene rings is 1. The Morgan fingerprint density at radius 1 is 1.29 bits per heavy atom. The van der Waals surface area contributed by atoms with Gasteiger partial charge >= 0.3 is 0 Å². The van der Waals surface area contributed by atoms with E-state index in [1.807, 2.05) is 36.6 Å². The third kappa shape index (κ3) is 3.98. The van der Waals surface area contributed by atoms with E-state index in [9.17, 15) is 4.79 Å². The smallest absolute Gasteiger partial charge is 0.259 e. The molecule has 0 aliphatic rings. The maximum Gasteiger partial charge on any atom is 0.259 e. The summed E-state index contributed by atoms with van der Waals surface area (Å²) in [6, 6.07) is 9.42. The summed E-state index contributed by atoms with van der Waals surface area (Å²) in [5, 5.41) is 5.24. The molecule has 3 rings (SSSR count). The Morgan fingerprint density at radius 3 is 2.79 bits per heavy atom. The highest BCUT2D eigenvalue weighted by atomic mass is 79.9. The second-order valence-corrected chi connectivity index (χ2v) is 6.62. The number of carbonyl (C=O) groups is 1. The molecule has 7 heteroatoms. The fourth-order valence-corrected chi connectivity index (χ4v) is 3.14. The zero-order chi connectivity index (χ0) is 16.9. The third-order valence-electron chi connectivity index (χ3n) is 3.15. The molecule has 2 aromatic heterocycles. The van der Waals surface area contributed by atoms with Crippen molar-refractivity contribution in [1.82, 2.24) is 9.97 Å². The molecular formula is C17H14BrN3O2S. The molecule has 5 nitrogen and oxygen atoms in total. The van der Waals surface area contributed by atoms with Gasteiger partial charge in [0, 0.05) is 27.8 Å². The van der Waals surface area contributed by atoms with Gasteiger partial charge in [-0.25, -0.2) is 4.98 Å². The van der Waals surface area contributed by atoms with Crippen LogP contribution in [0.5, 0.6) is 5.75 Å². The van der Waals surface area contributed by atoms with Crippen LogP contribution >= 0.6 is 27.3 Å². The van der Waals surface area contributed by atoms with Crippen LogP contribution in [0.2, 0.25) is 0 Å². The van der Waals surface area contributed by atoms with Crippen molar-refractivity contribution in [2.24, 2.45) is 0 Å². The lowest BCUT2D eigenvalue weighted by Gasteiger charge is -2.03. The van der Waals surface area contributed by atoms with Crippen molar-refractivity contribution in [3.8, 4) is 17.0 Å². The molecule has 0 aliphatic heterocycles. The van der Waals surface area contributed by atoms with E-state index < -0.39 is 0 Å². The largest absolute Gasteiger partial charge is 0.494 e. The molecule has 0 aliphatic carbocycles. The Balaban J connectivity index is 1.72. The number of hydrogen-bond acceptors (Lipinski definition) is 5. The fourth-order valence-electron chi connectivity index (χ4n) is 2.06. The summed E-state index contributed by atoms with van der Waals surface area (Å²) in [7, 11) is 0. The van der Waals surface area contributed by atoms with Crippen molar-refractivity contribution in [2.45, 2.75) is 6.92 Å². The molecular weight excluding hydrogens is 390 g/mol. The highest BCUT2D eigenvalue weighted by molar-refractivity contribution is 9.10. The van der Waals surface area contributed by atoms with Crippen molar-refractivity contribution in [1.29, 1.82) is 0 Å². The van der Waals surface area contributed by atoms with Crippen LogP contribution in [0.25, 0.3) is 11.3 Å². The monoisotopic (exact) mass is 403 g/mol. The number of carbonyl (C=O) groups excluding carboxylic acids is 1. The number of rotatable bonds is 5. The van der Waals surface area contributed by atoms with Gasteiger partial charge < -0.3 is 4.74 Å². The summed E-state index contributed by atoms with van der Waals surface area (Å²) < 4.78 is 6.18. The van der Waals surface area contributed by atoms with Crippen LogP contribution in [-0.4, -0.2) is 22.5 Å². The van der Waals surface area contributed by atoms with Gasteiger partial charge in [-0.3, -0.25) is 15.1 Å². The average Bonchev–Trinajstić information content (AvgIpc) is 3.04. The molecule has 0 spiro atoms. The average molecular weight is 404 g/mol. The Bertz CT molecular complexity index is 849. The number of halogens is 1. The molecule has 0 radical (unpaired) electrons. The SMILES string of the molecule is CCOc1ccc(-c2csc(NC(=O)c3cncc(Br)c3)n2)cc1. The van der Waals surface area contributed by atoms with Crippen LogP contribution in [0.3, 0.4) is 0 Å². The maximum atomic E-state index is 12.2. The van der Waals surface area contributed by atoms with Gasteiger partial charge in [-0.15, -0.1) is 11.3 Å². The van der Waals surface area contributed by atoms with Crippen molar-refractivity contribution >= 4 is 38.3 Å². The number of hydrogen-bond donors (Lipinski definition) is 1. The van der Waals surface area contributed by atoms with Gasteiger partial charge in [0.2, 0.25) is 0 Å². The third-order valence-corrected chi connectivity index (χ3v) is 4.34. The first-order chi connectivity index (χ1) is 11.7. The number of aromatic nitrogens is 2. The lowest BCUT2D eigenvalue weighted by Crippen LogP contribution is -2.11. The first-order valence-electron chi connectivity index (χ1n) is 7.26. The molecule has 24 heavy (non-hydrogen) atoms. The highest BCUT2D eigenvalue weighted by Crippen LogP contribution is 2.27. The Hall–Kier alpha value is -2.25. The number of nitrogens with one attached hydrogen (secondary N) is 1. The van der Waals surface area contributed by atoms with E-state index in [1.54, 1.807) is 12.3 Å². The number of pyridine rings is 1. The normalized spacial score (nSPS) is 10.4. The molecule has 0 bridgehead atoms. The van der Waals surface area contributed by atoms with Gasteiger partial charge in [0.1, 0.15) is 5.75 Å². The van der Waals surface area contributed by atoms with Crippen LogP contribution in [0, 0.1) is 0 Å². The van der Waals surface area contributed by atoms with E-state index in [-0.39, 0.29) is 5.91 Å². The van der Waals surface area contributed by atoms with Gasteiger partial charge in [0.25, 0.3) is 5.91 Å². The van der Waals surface area contributed by atoms with Crippen LogP contribution in [0.4, 0.5) is 5.13 Å². The van der Waals surface area contributed by atoms with E-state index in [4.69, 9.17) is 4.74 Å². The summed E-state index contributed by atoms with van der Waals surface area (Å²) in [5.74, 6) is 0.587. The molecule has 0 saturated carbocycles.